The highest BCUT2D eigenvalue weighted by atomic mass is 16.6. The number of likely N-dealkylation sites (N-methyl/N-ethyl adjacent to an activating group) is 1. The van der Waals surface area contributed by atoms with Gasteiger partial charge in [-0.05, 0) is 23.5 Å². The van der Waals surface area contributed by atoms with Crippen molar-refractivity contribution in [2.75, 3.05) is 13.6 Å². The zero-order valence-corrected chi connectivity index (χ0v) is 14.3. The van der Waals surface area contributed by atoms with Crippen molar-refractivity contribution in [3.8, 4) is 0 Å². The SMILES string of the molecule is CNC(=O)C(CCC=O)N1CC(c2cccc(C(C)C)c2)OC1=O. The van der Waals surface area contributed by atoms with Gasteiger partial charge in [-0.3, -0.25) is 9.69 Å². The van der Waals surface area contributed by atoms with Gasteiger partial charge in [0.15, 0.2) is 0 Å². The van der Waals surface area contributed by atoms with E-state index in [2.05, 4.69) is 19.2 Å². The van der Waals surface area contributed by atoms with Gasteiger partial charge in [0.2, 0.25) is 5.91 Å². The average Bonchev–Trinajstić information content (AvgIpc) is 2.97. The first-order chi connectivity index (χ1) is 11.5. The fourth-order valence-electron chi connectivity index (χ4n) is 2.85. The Labute approximate surface area is 142 Å². The van der Waals surface area contributed by atoms with E-state index in [0.717, 1.165) is 11.8 Å². The predicted octanol–water partition coefficient (Wildman–Crippen LogP) is 2.40. The van der Waals surface area contributed by atoms with Crippen molar-refractivity contribution < 1.29 is 19.1 Å². The molecule has 1 aliphatic rings. The number of carbonyl (C=O) groups excluding carboxylic acids is 3. The predicted molar refractivity (Wildman–Crippen MR) is 89.6 cm³/mol. The molecular formula is C18H24N2O4. The monoisotopic (exact) mass is 332 g/mol. The van der Waals surface area contributed by atoms with Gasteiger partial charge in [-0.15, -0.1) is 0 Å². The summed E-state index contributed by atoms with van der Waals surface area (Å²) in [5.41, 5.74) is 2.09. The molecule has 1 fully saturated rings. The number of carbonyl (C=O) groups is 3. The lowest BCUT2D eigenvalue weighted by atomic mass is 9.98. The number of benzene rings is 1. The summed E-state index contributed by atoms with van der Waals surface area (Å²) in [6, 6.07) is 7.26. The van der Waals surface area contributed by atoms with Gasteiger partial charge in [0.25, 0.3) is 0 Å². The first-order valence-corrected chi connectivity index (χ1v) is 8.20. The molecule has 2 amide bonds. The van der Waals surface area contributed by atoms with E-state index in [1.165, 1.54) is 17.5 Å². The molecule has 24 heavy (non-hydrogen) atoms. The Hall–Kier alpha value is -2.37. The molecule has 0 saturated carbocycles. The summed E-state index contributed by atoms with van der Waals surface area (Å²) in [6.45, 7) is 4.51. The smallest absolute Gasteiger partial charge is 0.411 e. The summed E-state index contributed by atoms with van der Waals surface area (Å²) in [7, 11) is 1.52. The molecule has 1 aromatic rings. The number of nitrogens with zero attached hydrogens (tertiary/aromatic N) is 1. The maximum atomic E-state index is 12.2. The maximum Gasteiger partial charge on any atom is 0.411 e. The largest absolute Gasteiger partial charge is 0.439 e. The quantitative estimate of drug-likeness (QED) is 0.778. The van der Waals surface area contributed by atoms with E-state index < -0.39 is 18.2 Å². The molecule has 1 aliphatic heterocycles. The van der Waals surface area contributed by atoms with Crippen LogP contribution in [0.3, 0.4) is 0 Å². The van der Waals surface area contributed by atoms with Crippen molar-refractivity contribution in [1.82, 2.24) is 10.2 Å². The maximum absolute atomic E-state index is 12.2. The molecule has 0 spiro atoms. The van der Waals surface area contributed by atoms with Crippen LogP contribution in [0, 0.1) is 0 Å². The van der Waals surface area contributed by atoms with E-state index in [4.69, 9.17) is 4.74 Å². The van der Waals surface area contributed by atoms with Gasteiger partial charge in [-0.1, -0.05) is 38.1 Å². The molecule has 6 heteroatoms. The molecule has 0 aliphatic carbocycles. The lowest BCUT2D eigenvalue weighted by molar-refractivity contribution is -0.125. The Bertz CT molecular complexity index is 615. The molecule has 6 nitrogen and oxygen atoms in total. The lowest BCUT2D eigenvalue weighted by Gasteiger charge is -2.23. The molecule has 2 unspecified atom stereocenters. The van der Waals surface area contributed by atoms with E-state index in [-0.39, 0.29) is 18.7 Å². The molecule has 1 N–H and O–H groups in total. The molecule has 2 atom stereocenters. The van der Waals surface area contributed by atoms with Gasteiger partial charge < -0.3 is 14.8 Å². The number of ether oxygens (including phenoxy) is 1. The van der Waals surface area contributed by atoms with E-state index >= 15 is 0 Å². The van der Waals surface area contributed by atoms with Gasteiger partial charge in [0, 0.05) is 13.5 Å². The summed E-state index contributed by atoms with van der Waals surface area (Å²) < 4.78 is 5.47. The van der Waals surface area contributed by atoms with Crippen LogP contribution in [-0.2, 0) is 14.3 Å². The van der Waals surface area contributed by atoms with E-state index in [1.54, 1.807) is 0 Å². The zero-order valence-electron chi connectivity index (χ0n) is 14.3. The first kappa shape index (κ1) is 18.0. The topological polar surface area (TPSA) is 75.7 Å². The number of cyclic esters (lactones) is 1. The summed E-state index contributed by atoms with van der Waals surface area (Å²) in [6.07, 6.45) is 0.335. The van der Waals surface area contributed by atoms with Crippen LogP contribution in [0.25, 0.3) is 0 Å². The minimum atomic E-state index is -0.689. The van der Waals surface area contributed by atoms with Crippen LogP contribution < -0.4 is 5.32 Å². The summed E-state index contributed by atoms with van der Waals surface area (Å²) in [5.74, 6) is 0.0924. The number of amides is 2. The second-order valence-corrected chi connectivity index (χ2v) is 6.22. The van der Waals surface area contributed by atoms with Crippen molar-refractivity contribution >= 4 is 18.3 Å². The van der Waals surface area contributed by atoms with Crippen molar-refractivity contribution in [2.24, 2.45) is 0 Å². The third kappa shape index (κ3) is 3.93. The Kier molecular flexibility index (Phi) is 5.95. The minimum absolute atomic E-state index is 0.218. The van der Waals surface area contributed by atoms with Crippen molar-refractivity contribution in [1.29, 1.82) is 0 Å². The molecule has 0 bridgehead atoms. The highest BCUT2D eigenvalue weighted by molar-refractivity contribution is 5.86. The number of aldehydes is 1. The lowest BCUT2D eigenvalue weighted by Crippen LogP contribution is -2.46. The highest BCUT2D eigenvalue weighted by Crippen LogP contribution is 2.30. The summed E-state index contributed by atoms with van der Waals surface area (Å²) in [5, 5.41) is 2.55. The first-order valence-electron chi connectivity index (χ1n) is 8.20. The van der Waals surface area contributed by atoms with Crippen molar-refractivity contribution in [3.05, 3.63) is 35.4 Å². The van der Waals surface area contributed by atoms with E-state index in [0.29, 0.717) is 12.5 Å². The van der Waals surface area contributed by atoms with Crippen molar-refractivity contribution in [2.45, 2.75) is 44.8 Å². The second kappa shape index (κ2) is 7.95. The Morgan fingerprint density at radius 2 is 2.21 bits per heavy atom. The van der Waals surface area contributed by atoms with E-state index in [1.807, 2.05) is 24.3 Å². The zero-order chi connectivity index (χ0) is 17.7. The van der Waals surface area contributed by atoms with Crippen LogP contribution in [-0.4, -0.2) is 42.8 Å². The van der Waals surface area contributed by atoms with Gasteiger partial charge in [0.05, 0.1) is 6.54 Å². The number of nitrogens with one attached hydrogen (secondary N) is 1. The van der Waals surface area contributed by atoms with Gasteiger partial charge >= 0.3 is 6.09 Å². The number of hydrogen-bond donors (Lipinski definition) is 1. The van der Waals surface area contributed by atoms with Crippen LogP contribution in [0.15, 0.2) is 24.3 Å². The van der Waals surface area contributed by atoms with Crippen LogP contribution >= 0.6 is 0 Å². The third-order valence-corrected chi connectivity index (χ3v) is 4.27. The standard InChI is InChI=1S/C18H24N2O4/c1-12(2)13-6-4-7-14(10-13)16-11-20(18(23)24-16)15(8-5-9-21)17(22)19-3/h4,6-7,9-10,12,15-16H,5,8,11H2,1-3H3,(H,19,22). The Balaban J connectivity index is 2.18. The minimum Gasteiger partial charge on any atom is -0.439 e. The van der Waals surface area contributed by atoms with Crippen LogP contribution in [0.1, 0.15) is 49.8 Å². The molecule has 1 aromatic carbocycles. The average molecular weight is 332 g/mol. The molecule has 1 heterocycles. The van der Waals surface area contributed by atoms with E-state index in [9.17, 15) is 14.4 Å². The summed E-state index contributed by atoms with van der Waals surface area (Å²) >= 11 is 0. The molecular weight excluding hydrogens is 308 g/mol. The van der Waals surface area contributed by atoms with Gasteiger partial charge in [-0.25, -0.2) is 4.79 Å². The van der Waals surface area contributed by atoms with Crippen LogP contribution in [0.2, 0.25) is 0 Å². The Morgan fingerprint density at radius 1 is 1.46 bits per heavy atom. The molecule has 1 saturated heterocycles. The molecule has 0 radical (unpaired) electrons. The molecule has 2 rings (SSSR count). The van der Waals surface area contributed by atoms with Crippen molar-refractivity contribution in [3.63, 3.8) is 0 Å². The number of hydrogen-bond acceptors (Lipinski definition) is 4. The summed E-state index contributed by atoms with van der Waals surface area (Å²) in [4.78, 5) is 36.3. The second-order valence-electron chi connectivity index (χ2n) is 6.22. The normalized spacial score (nSPS) is 18.4. The fourth-order valence-corrected chi connectivity index (χ4v) is 2.85. The van der Waals surface area contributed by atoms with Crippen LogP contribution in [0.4, 0.5) is 4.79 Å². The molecule has 0 aromatic heterocycles. The highest BCUT2D eigenvalue weighted by Gasteiger charge is 2.39. The molecule has 130 valence electrons. The third-order valence-electron chi connectivity index (χ3n) is 4.27. The fraction of sp³-hybridized carbons (Fsp3) is 0.500. The van der Waals surface area contributed by atoms with Gasteiger partial charge in [0.1, 0.15) is 18.4 Å². The van der Waals surface area contributed by atoms with Gasteiger partial charge in [-0.2, -0.15) is 0 Å². The number of rotatable bonds is 7. The van der Waals surface area contributed by atoms with Crippen LogP contribution in [0.5, 0.6) is 0 Å². The Morgan fingerprint density at radius 3 is 2.83 bits per heavy atom.